The van der Waals surface area contributed by atoms with Crippen molar-refractivity contribution >= 4 is 0 Å². The van der Waals surface area contributed by atoms with Crippen molar-refractivity contribution in [2.75, 3.05) is 6.54 Å². The fraction of sp³-hybridized carbons (Fsp3) is 0.818. The van der Waals surface area contributed by atoms with E-state index in [1.54, 1.807) is 0 Å². The van der Waals surface area contributed by atoms with Gasteiger partial charge in [-0.3, -0.25) is 0 Å². The number of nitrogens with one attached hydrogen (secondary N) is 1. The van der Waals surface area contributed by atoms with Gasteiger partial charge in [0, 0.05) is 12.6 Å². The molecule has 0 atom stereocenters. The number of halogens is 1. The summed E-state index contributed by atoms with van der Waals surface area (Å²) < 4.78 is 12.8. The lowest BCUT2D eigenvalue weighted by molar-refractivity contribution is 0.222. The average Bonchev–Trinajstić information content (AvgIpc) is 2.08. The van der Waals surface area contributed by atoms with Crippen LogP contribution in [0.5, 0.6) is 0 Å². The maximum atomic E-state index is 12.8. The Balaban J connectivity index is 2.12. The van der Waals surface area contributed by atoms with Gasteiger partial charge in [-0.05, 0) is 39.5 Å². The highest BCUT2D eigenvalue weighted by Crippen LogP contribution is 2.20. The second kappa shape index (κ2) is 5.38. The zero-order valence-electron chi connectivity index (χ0n) is 8.65. The molecule has 0 heterocycles. The normalized spacial score (nSPS) is 28.5. The summed E-state index contributed by atoms with van der Waals surface area (Å²) in [6, 6.07) is 0.544. The molecular formula is C11H20FN. The van der Waals surface area contributed by atoms with Gasteiger partial charge < -0.3 is 5.32 Å². The van der Waals surface area contributed by atoms with Gasteiger partial charge in [0.25, 0.3) is 0 Å². The molecule has 1 aliphatic carbocycles. The van der Waals surface area contributed by atoms with Crippen molar-refractivity contribution < 1.29 is 4.39 Å². The monoisotopic (exact) mass is 185 g/mol. The lowest BCUT2D eigenvalue weighted by Gasteiger charge is -2.24. The van der Waals surface area contributed by atoms with Gasteiger partial charge in [-0.25, -0.2) is 4.39 Å². The van der Waals surface area contributed by atoms with Crippen LogP contribution >= 0.6 is 0 Å². The lowest BCUT2D eigenvalue weighted by Crippen LogP contribution is -2.33. The summed E-state index contributed by atoms with van der Waals surface area (Å²) in [5, 5.41) is 3.43. The molecule has 1 aliphatic rings. The van der Waals surface area contributed by atoms with Crippen molar-refractivity contribution in [3.63, 3.8) is 0 Å². The first kappa shape index (κ1) is 10.7. The molecule has 0 saturated heterocycles. The molecule has 0 aromatic heterocycles. The lowest BCUT2D eigenvalue weighted by atomic mass is 9.94. The van der Waals surface area contributed by atoms with Crippen LogP contribution in [0.3, 0.4) is 0 Å². The van der Waals surface area contributed by atoms with Gasteiger partial charge in [0.15, 0.2) is 0 Å². The fourth-order valence-corrected chi connectivity index (χ4v) is 1.69. The van der Waals surface area contributed by atoms with Crippen molar-refractivity contribution in [2.24, 2.45) is 0 Å². The smallest absolute Gasteiger partial charge is 0.100 e. The fourth-order valence-electron chi connectivity index (χ4n) is 1.69. The first-order valence-corrected chi connectivity index (χ1v) is 5.19. The molecule has 0 spiro atoms. The number of hydrogen-bond acceptors (Lipinski definition) is 1. The SMILES string of the molecule is CC(C)=CCNC1CCC(F)CC1. The zero-order chi connectivity index (χ0) is 9.68. The summed E-state index contributed by atoms with van der Waals surface area (Å²) in [6.45, 7) is 5.13. The second-order valence-electron chi connectivity index (χ2n) is 4.14. The molecule has 0 radical (unpaired) electrons. The molecule has 0 unspecified atom stereocenters. The van der Waals surface area contributed by atoms with Crippen LogP contribution in [0.1, 0.15) is 39.5 Å². The van der Waals surface area contributed by atoms with Crippen LogP contribution in [0.25, 0.3) is 0 Å². The Hall–Kier alpha value is -0.370. The molecule has 0 bridgehead atoms. The predicted molar refractivity (Wildman–Crippen MR) is 54.6 cm³/mol. The molecule has 76 valence electrons. The third kappa shape index (κ3) is 4.41. The third-order valence-corrected chi connectivity index (χ3v) is 2.57. The van der Waals surface area contributed by atoms with Gasteiger partial charge in [0.2, 0.25) is 0 Å². The molecule has 0 aromatic carbocycles. The highest BCUT2D eigenvalue weighted by atomic mass is 19.1. The molecule has 1 nitrogen and oxygen atoms in total. The van der Waals surface area contributed by atoms with Crippen LogP contribution in [0.2, 0.25) is 0 Å². The van der Waals surface area contributed by atoms with Crippen molar-refractivity contribution in [1.82, 2.24) is 5.32 Å². The summed E-state index contributed by atoms with van der Waals surface area (Å²) >= 11 is 0. The molecule has 13 heavy (non-hydrogen) atoms. The van der Waals surface area contributed by atoms with E-state index in [2.05, 4.69) is 25.2 Å². The molecule has 2 heteroatoms. The summed E-state index contributed by atoms with van der Waals surface area (Å²) in [5.41, 5.74) is 1.34. The van der Waals surface area contributed by atoms with Gasteiger partial charge in [-0.2, -0.15) is 0 Å². The van der Waals surface area contributed by atoms with Gasteiger partial charge in [-0.15, -0.1) is 0 Å². The minimum Gasteiger partial charge on any atom is -0.311 e. The Bertz CT molecular complexity index is 165. The van der Waals surface area contributed by atoms with Crippen molar-refractivity contribution in [1.29, 1.82) is 0 Å². The van der Waals surface area contributed by atoms with Crippen LogP contribution in [0.4, 0.5) is 4.39 Å². The first-order valence-electron chi connectivity index (χ1n) is 5.19. The maximum Gasteiger partial charge on any atom is 0.100 e. The van der Waals surface area contributed by atoms with E-state index >= 15 is 0 Å². The van der Waals surface area contributed by atoms with E-state index in [0.717, 1.165) is 32.2 Å². The number of alkyl halides is 1. The summed E-state index contributed by atoms with van der Waals surface area (Å²) in [6.07, 6.45) is 5.12. The van der Waals surface area contributed by atoms with Crippen LogP contribution in [-0.2, 0) is 0 Å². The van der Waals surface area contributed by atoms with Crippen molar-refractivity contribution in [2.45, 2.75) is 51.7 Å². The predicted octanol–water partition coefficient (Wildman–Crippen LogP) is 2.82. The van der Waals surface area contributed by atoms with Gasteiger partial charge in [0.05, 0.1) is 0 Å². The number of rotatable bonds is 3. The van der Waals surface area contributed by atoms with E-state index in [4.69, 9.17) is 0 Å². The van der Waals surface area contributed by atoms with Crippen LogP contribution in [0, 0.1) is 0 Å². The van der Waals surface area contributed by atoms with Gasteiger partial charge >= 0.3 is 0 Å². The minimum absolute atomic E-state index is 0.540. The van der Waals surface area contributed by atoms with Crippen molar-refractivity contribution in [3.8, 4) is 0 Å². The standard InChI is InChI=1S/C11H20FN/c1-9(2)7-8-13-11-5-3-10(12)4-6-11/h7,10-11,13H,3-6,8H2,1-2H3. The summed E-state index contributed by atoms with van der Waals surface area (Å²) in [7, 11) is 0. The highest BCUT2D eigenvalue weighted by molar-refractivity contribution is 4.95. The molecule has 0 aromatic rings. The number of allylic oxidation sites excluding steroid dienone is 1. The molecule has 1 fully saturated rings. The van der Waals surface area contributed by atoms with Crippen LogP contribution in [0.15, 0.2) is 11.6 Å². The molecule has 1 rings (SSSR count). The summed E-state index contributed by atoms with van der Waals surface area (Å²) in [4.78, 5) is 0. The van der Waals surface area contributed by atoms with E-state index < -0.39 is 6.17 Å². The molecule has 1 saturated carbocycles. The topological polar surface area (TPSA) is 12.0 Å². The quantitative estimate of drug-likeness (QED) is 0.667. The average molecular weight is 185 g/mol. The maximum absolute atomic E-state index is 12.8. The Morgan fingerprint density at radius 3 is 2.46 bits per heavy atom. The minimum atomic E-state index is -0.540. The van der Waals surface area contributed by atoms with Gasteiger partial charge in [-0.1, -0.05) is 11.6 Å². The molecular weight excluding hydrogens is 165 g/mol. The second-order valence-corrected chi connectivity index (χ2v) is 4.14. The largest absolute Gasteiger partial charge is 0.311 e. The first-order chi connectivity index (χ1) is 6.18. The molecule has 1 N–H and O–H groups in total. The van der Waals surface area contributed by atoms with Crippen LogP contribution < -0.4 is 5.32 Å². The highest BCUT2D eigenvalue weighted by Gasteiger charge is 2.19. The van der Waals surface area contributed by atoms with E-state index in [9.17, 15) is 4.39 Å². The van der Waals surface area contributed by atoms with Crippen LogP contribution in [-0.4, -0.2) is 18.8 Å². The Morgan fingerprint density at radius 1 is 1.31 bits per heavy atom. The van der Waals surface area contributed by atoms with E-state index in [1.165, 1.54) is 5.57 Å². The van der Waals surface area contributed by atoms with E-state index in [1.807, 2.05) is 0 Å². The zero-order valence-corrected chi connectivity index (χ0v) is 8.65. The van der Waals surface area contributed by atoms with Gasteiger partial charge in [0.1, 0.15) is 6.17 Å². The Labute approximate surface area is 80.4 Å². The van der Waals surface area contributed by atoms with E-state index in [0.29, 0.717) is 6.04 Å². The Kier molecular flexibility index (Phi) is 4.43. The molecule has 0 amide bonds. The number of hydrogen-bond donors (Lipinski definition) is 1. The van der Waals surface area contributed by atoms with Crippen molar-refractivity contribution in [3.05, 3.63) is 11.6 Å². The summed E-state index contributed by atoms with van der Waals surface area (Å²) in [5.74, 6) is 0. The third-order valence-electron chi connectivity index (χ3n) is 2.57. The Morgan fingerprint density at radius 2 is 1.92 bits per heavy atom. The van der Waals surface area contributed by atoms with E-state index in [-0.39, 0.29) is 0 Å². The molecule has 0 aliphatic heterocycles.